The first-order valence-electron chi connectivity index (χ1n) is 7.62. The normalized spacial score (nSPS) is 14.8. The largest absolute Gasteiger partial charge is 0.338 e. The van der Waals surface area contributed by atoms with Crippen LogP contribution in [0.25, 0.3) is 0 Å². The van der Waals surface area contributed by atoms with Gasteiger partial charge in [-0.3, -0.25) is 9.78 Å². The van der Waals surface area contributed by atoms with E-state index in [4.69, 9.17) is 11.6 Å². The van der Waals surface area contributed by atoms with Crippen LogP contribution in [-0.4, -0.2) is 46.1 Å². The van der Waals surface area contributed by atoms with E-state index in [1.165, 1.54) is 0 Å². The molecule has 2 aromatic rings. The molecule has 1 saturated heterocycles. The number of nitrogens with one attached hydrogen (secondary N) is 1. The molecule has 0 radical (unpaired) electrons. The van der Waals surface area contributed by atoms with Crippen LogP contribution in [0.2, 0.25) is 5.02 Å². The predicted octanol–water partition coefficient (Wildman–Crippen LogP) is 1.80. The summed E-state index contributed by atoms with van der Waals surface area (Å²) in [5, 5.41) is 0.483. The van der Waals surface area contributed by atoms with Crippen LogP contribution in [0.4, 0.5) is 16.3 Å². The molecule has 0 bridgehead atoms. The molecular weight excluding hydrogens is 335 g/mol. The quantitative estimate of drug-likeness (QED) is 0.904. The number of halogens is 2. The Kier molecular flexibility index (Phi) is 4.40. The second-order valence-corrected chi connectivity index (χ2v) is 6.55. The van der Waals surface area contributed by atoms with Gasteiger partial charge in [-0.25, -0.2) is 15.0 Å². The molecule has 0 spiro atoms. The maximum Gasteiger partial charge on any atom is 0.288 e. The fraction of sp³-hybridized carbons (Fsp3) is 0.467. The van der Waals surface area contributed by atoms with Crippen LogP contribution in [0.3, 0.4) is 0 Å². The van der Waals surface area contributed by atoms with Gasteiger partial charge in [0.25, 0.3) is 5.56 Å². The average molecular weight is 353 g/mol. The molecule has 1 aliphatic rings. The van der Waals surface area contributed by atoms with Gasteiger partial charge in [0.15, 0.2) is 0 Å². The molecule has 0 aliphatic carbocycles. The van der Waals surface area contributed by atoms with Crippen LogP contribution in [0.5, 0.6) is 0 Å². The maximum atomic E-state index is 13.8. The molecule has 1 aliphatic heterocycles. The summed E-state index contributed by atoms with van der Waals surface area (Å²) in [5.74, 6) is 0.00465. The van der Waals surface area contributed by atoms with E-state index in [-0.39, 0.29) is 17.7 Å². The van der Waals surface area contributed by atoms with Gasteiger partial charge >= 0.3 is 0 Å². The first-order valence-corrected chi connectivity index (χ1v) is 7.99. The summed E-state index contributed by atoms with van der Waals surface area (Å²) in [5.41, 5.74) is -0.548. The van der Waals surface area contributed by atoms with Crippen LogP contribution in [0.1, 0.15) is 25.5 Å². The zero-order valence-electron chi connectivity index (χ0n) is 13.6. The first-order chi connectivity index (χ1) is 11.4. The standard InChI is InChI=1S/C15H18ClFN6O/c1-8(2)12-11(17)13(24)21-15(20-12)23-6-10(7-23)22(3)14-18-4-9(16)5-19-14/h4-5,8,10H,6-7H2,1-3H3,(H,20,21,24). The van der Waals surface area contributed by atoms with E-state index >= 15 is 0 Å². The molecule has 9 heteroatoms. The predicted molar refractivity (Wildman–Crippen MR) is 90.4 cm³/mol. The van der Waals surface area contributed by atoms with Crippen molar-refractivity contribution in [3.05, 3.63) is 39.3 Å². The molecule has 0 atom stereocenters. The number of aromatic nitrogens is 4. The molecule has 0 amide bonds. The number of hydrogen-bond acceptors (Lipinski definition) is 6. The Hall–Kier alpha value is -2.22. The third-order valence-corrected chi connectivity index (χ3v) is 4.25. The number of likely N-dealkylation sites (N-methyl/N-ethyl adjacent to an activating group) is 1. The molecule has 0 aromatic carbocycles. The highest BCUT2D eigenvalue weighted by molar-refractivity contribution is 6.30. The van der Waals surface area contributed by atoms with Gasteiger partial charge in [0.2, 0.25) is 17.7 Å². The molecule has 0 saturated carbocycles. The monoisotopic (exact) mass is 352 g/mol. The number of anilines is 2. The third-order valence-electron chi connectivity index (χ3n) is 4.05. The number of rotatable bonds is 4. The van der Waals surface area contributed by atoms with Gasteiger partial charge in [0.1, 0.15) is 0 Å². The van der Waals surface area contributed by atoms with Gasteiger partial charge in [-0.1, -0.05) is 25.4 Å². The molecule has 2 aromatic heterocycles. The lowest BCUT2D eigenvalue weighted by Gasteiger charge is -2.44. The minimum Gasteiger partial charge on any atom is -0.338 e. The summed E-state index contributed by atoms with van der Waals surface area (Å²) < 4.78 is 13.8. The summed E-state index contributed by atoms with van der Waals surface area (Å²) in [6.45, 7) is 4.88. The van der Waals surface area contributed by atoms with Crippen molar-refractivity contribution in [2.45, 2.75) is 25.8 Å². The Morgan fingerprint density at radius 3 is 2.58 bits per heavy atom. The highest BCUT2D eigenvalue weighted by Crippen LogP contribution is 2.23. The van der Waals surface area contributed by atoms with E-state index in [2.05, 4.69) is 19.9 Å². The van der Waals surface area contributed by atoms with E-state index in [0.29, 0.717) is 30.0 Å². The van der Waals surface area contributed by atoms with Crippen molar-refractivity contribution in [1.82, 2.24) is 19.9 Å². The molecule has 3 rings (SSSR count). The van der Waals surface area contributed by atoms with Crippen molar-refractivity contribution in [2.75, 3.05) is 29.9 Å². The zero-order chi connectivity index (χ0) is 17.4. The SMILES string of the molecule is CC(C)c1nc(N2CC(N(C)c3ncc(Cl)cn3)C2)[nH]c(=O)c1F. The number of H-pyrrole nitrogens is 1. The lowest BCUT2D eigenvalue weighted by molar-refractivity contribution is 0.475. The Bertz CT molecular complexity index is 788. The highest BCUT2D eigenvalue weighted by atomic mass is 35.5. The molecule has 3 heterocycles. The lowest BCUT2D eigenvalue weighted by atomic mass is 10.1. The Labute approximate surface area is 143 Å². The minimum atomic E-state index is -0.808. The first kappa shape index (κ1) is 16.6. The Morgan fingerprint density at radius 1 is 1.38 bits per heavy atom. The van der Waals surface area contributed by atoms with Crippen LogP contribution < -0.4 is 15.4 Å². The smallest absolute Gasteiger partial charge is 0.288 e. The van der Waals surface area contributed by atoms with E-state index in [9.17, 15) is 9.18 Å². The Morgan fingerprint density at radius 2 is 2.00 bits per heavy atom. The number of aromatic amines is 1. The Balaban J connectivity index is 1.72. The molecule has 1 fully saturated rings. The average Bonchev–Trinajstić information content (AvgIpc) is 2.49. The van der Waals surface area contributed by atoms with Crippen molar-refractivity contribution >= 4 is 23.5 Å². The summed E-state index contributed by atoms with van der Waals surface area (Å²) >= 11 is 5.79. The van der Waals surface area contributed by atoms with E-state index in [0.717, 1.165) is 0 Å². The van der Waals surface area contributed by atoms with E-state index < -0.39 is 11.4 Å². The summed E-state index contributed by atoms with van der Waals surface area (Å²) in [6.07, 6.45) is 3.09. The van der Waals surface area contributed by atoms with Gasteiger partial charge < -0.3 is 9.80 Å². The van der Waals surface area contributed by atoms with Crippen molar-refractivity contribution in [3.63, 3.8) is 0 Å². The van der Waals surface area contributed by atoms with Gasteiger partial charge in [-0.05, 0) is 5.92 Å². The molecule has 1 N–H and O–H groups in total. The number of nitrogens with zero attached hydrogens (tertiary/aromatic N) is 5. The minimum absolute atomic E-state index is 0.159. The highest BCUT2D eigenvalue weighted by Gasteiger charge is 2.33. The van der Waals surface area contributed by atoms with Crippen molar-refractivity contribution < 1.29 is 4.39 Å². The molecule has 24 heavy (non-hydrogen) atoms. The lowest BCUT2D eigenvalue weighted by Crippen LogP contribution is -2.60. The second kappa shape index (κ2) is 6.35. The van der Waals surface area contributed by atoms with Crippen LogP contribution in [0.15, 0.2) is 17.2 Å². The van der Waals surface area contributed by atoms with Crippen molar-refractivity contribution in [1.29, 1.82) is 0 Å². The maximum absolute atomic E-state index is 13.8. The number of hydrogen-bond donors (Lipinski definition) is 1. The van der Waals surface area contributed by atoms with Gasteiger partial charge in [-0.2, -0.15) is 4.39 Å². The molecule has 128 valence electrons. The molecule has 7 nitrogen and oxygen atoms in total. The topological polar surface area (TPSA) is 78.0 Å². The van der Waals surface area contributed by atoms with Gasteiger partial charge in [0, 0.05) is 20.1 Å². The molecular formula is C15H18ClFN6O. The summed E-state index contributed by atoms with van der Waals surface area (Å²) in [7, 11) is 1.89. The van der Waals surface area contributed by atoms with E-state index in [1.54, 1.807) is 26.2 Å². The molecule has 0 unspecified atom stereocenters. The van der Waals surface area contributed by atoms with E-state index in [1.807, 2.05) is 16.8 Å². The zero-order valence-corrected chi connectivity index (χ0v) is 14.4. The van der Waals surface area contributed by atoms with Crippen LogP contribution >= 0.6 is 11.6 Å². The third kappa shape index (κ3) is 3.06. The van der Waals surface area contributed by atoms with Crippen molar-refractivity contribution in [3.8, 4) is 0 Å². The fourth-order valence-electron chi connectivity index (χ4n) is 2.52. The van der Waals surface area contributed by atoms with Gasteiger partial charge in [-0.15, -0.1) is 0 Å². The summed E-state index contributed by atoms with van der Waals surface area (Å²) in [4.78, 5) is 30.7. The fourth-order valence-corrected chi connectivity index (χ4v) is 2.62. The van der Waals surface area contributed by atoms with Gasteiger partial charge in [0.05, 0.1) is 29.2 Å². The summed E-state index contributed by atoms with van der Waals surface area (Å²) in [6, 6.07) is 0.170. The van der Waals surface area contributed by atoms with Crippen LogP contribution in [0, 0.1) is 5.82 Å². The van der Waals surface area contributed by atoms with Crippen LogP contribution in [-0.2, 0) is 0 Å². The second-order valence-electron chi connectivity index (χ2n) is 6.11. The van der Waals surface area contributed by atoms with Crippen molar-refractivity contribution in [2.24, 2.45) is 0 Å².